The minimum Gasteiger partial charge on any atom is -0.497 e. The van der Waals surface area contributed by atoms with Crippen molar-refractivity contribution in [1.29, 1.82) is 0 Å². The van der Waals surface area contributed by atoms with Gasteiger partial charge in [-0.15, -0.1) is 0 Å². The first kappa shape index (κ1) is 38.7. The monoisotopic (exact) mass is 750 g/mol. The number of likely N-dealkylation sites (N-methyl/N-ethyl adjacent to an activating group) is 1. The molecule has 1 fully saturated rings. The molecule has 1 saturated heterocycles. The zero-order valence-electron chi connectivity index (χ0n) is 33.2. The van der Waals surface area contributed by atoms with E-state index in [0.717, 1.165) is 34.2 Å². The summed E-state index contributed by atoms with van der Waals surface area (Å²) in [6.07, 6.45) is 3.83. The third-order valence-electron chi connectivity index (χ3n) is 9.49. The molecule has 14 nitrogen and oxygen atoms in total. The molecule has 290 valence electrons. The number of hydrogen-bond acceptors (Lipinski definition) is 13. The number of nitrogens with one attached hydrogen (secondary N) is 2. The Bertz CT molecular complexity index is 2190. The molecule has 4 heterocycles. The van der Waals surface area contributed by atoms with Crippen LogP contribution < -0.4 is 34.5 Å². The zero-order valence-corrected chi connectivity index (χ0v) is 33.2. The molecule has 2 aromatic carbocycles. The highest BCUT2D eigenvalue weighted by atomic mass is 16.6. The maximum atomic E-state index is 13.0. The van der Waals surface area contributed by atoms with E-state index >= 15 is 0 Å². The van der Waals surface area contributed by atoms with Gasteiger partial charge in [-0.1, -0.05) is 6.07 Å². The first-order valence-corrected chi connectivity index (χ1v) is 18.2. The number of hydrogen-bond donors (Lipinski definition) is 2. The van der Waals surface area contributed by atoms with Crippen molar-refractivity contribution in [3.8, 4) is 28.9 Å². The van der Waals surface area contributed by atoms with Gasteiger partial charge in [-0.05, 0) is 83.9 Å². The average molecular weight is 751 g/mol. The van der Waals surface area contributed by atoms with Gasteiger partial charge in [0.15, 0.2) is 0 Å². The lowest BCUT2D eigenvalue weighted by Crippen LogP contribution is -2.42. The molecule has 1 atom stereocenters. The maximum Gasteiger partial charge on any atom is 0.410 e. The van der Waals surface area contributed by atoms with Crippen LogP contribution in [-0.2, 0) is 11.3 Å². The Labute approximate surface area is 322 Å². The Morgan fingerprint density at radius 3 is 2.45 bits per heavy atom. The minimum absolute atomic E-state index is 0.0907. The fraction of sp³-hybridized carbons (Fsp3) is 0.390. The Kier molecular flexibility index (Phi) is 11.3. The molecule has 2 N–H and O–H groups in total. The summed E-state index contributed by atoms with van der Waals surface area (Å²) in [4.78, 5) is 36.1. The number of carbonyl (C=O) groups excluding carboxylic acids is 1. The van der Waals surface area contributed by atoms with Crippen molar-refractivity contribution in [1.82, 2.24) is 24.8 Å². The van der Waals surface area contributed by atoms with E-state index < -0.39 is 5.60 Å². The van der Waals surface area contributed by atoms with E-state index in [0.29, 0.717) is 77.2 Å². The third-order valence-corrected chi connectivity index (χ3v) is 9.49. The quantitative estimate of drug-likeness (QED) is 0.127. The minimum atomic E-state index is -0.602. The predicted molar refractivity (Wildman–Crippen MR) is 214 cm³/mol. The fourth-order valence-corrected chi connectivity index (χ4v) is 6.52. The molecule has 1 amide bonds. The number of carbonyl (C=O) groups is 1. The lowest BCUT2D eigenvalue weighted by Gasteiger charge is -2.29. The smallest absolute Gasteiger partial charge is 0.410 e. The molecule has 0 spiro atoms. The van der Waals surface area contributed by atoms with E-state index in [9.17, 15) is 4.79 Å². The van der Waals surface area contributed by atoms with Gasteiger partial charge in [-0.3, -0.25) is 0 Å². The first-order chi connectivity index (χ1) is 26.3. The number of aryl methyl sites for hydroxylation is 2. The summed E-state index contributed by atoms with van der Waals surface area (Å²) in [5.41, 5.74) is 3.51. The summed E-state index contributed by atoms with van der Waals surface area (Å²) >= 11 is 0. The van der Waals surface area contributed by atoms with Crippen LogP contribution in [0, 0.1) is 20.8 Å². The predicted octanol–water partition coefficient (Wildman–Crippen LogP) is 7.96. The highest BCUT2D eigenvalue weighted by molar-refractivity contribution is 6.05. The number of pyridine rings is 2. The van der Waals surface area contributed by atoms with Crippen LogP contribution in [0.25, 0.3) is 10.8 Å². The standard InChI is InChI=1S/C41H50N8O6/c1-24-11-14-32(52-9)26(3)36(24)54-38-35-30(20-34(47-38)49-18-16-28(23-49)48(7)40(50)55-41(4,5)6)31(46-39-42-17-15-25(2)45-39)22-44-37(35)43-21-27-12-13-29(51-8)19-33(27)53-10/h11-15,17,19-20,22,28H,16,18,21,23H2,1-10H3,(H,43,44)(H,42,45,46)/t28-/m1/s1. The Morgan fingerprint density at radius 2 is 1.75 bits per heavy atom. The Hall–Kier alpha value is -6.05. The van der Waals surface area contributed by atoms with Crippen molar-refractivity contribution in [2.45, 2.75) is 66.2 Å². The van der Waals surface area contributed by atoms with Crippen LogP contribution in [0.1, 0.15) is 49.6 Å². The van der Waals surface area contributed by atoms with Crippen molar-refractivity contribution < 1.29 is 28.5 Å². The topological polar surface area (TPSA) is 145 Å². The van der Waals surface area contributed by atoms with Crippen LogP contribution in [0.2, 0.25) is 0 Å². The Balaban J connectivity index is 1.49. The second kappa shape index (κ2) is 16.1. The Morgan fingerprint density at radius 1 is 0.964 bits per heavy atom. The number of fused-ring (bicyclic) bond motifs is 1. The van der Waals surface area contributed by atoms with Crippen molar-refractivity contribution in [3.63, 3.8) is 0 Å². The van der Waals surface area contributed by atoms with Crippen molar-refractivity contribution in [2.75, 3.05) is 57.0 Å². The van der Waals surface area contributed by atoms with E-state index in [1.54, 1.807) is 45.7 Å². The molecule has 0 radical (unpaired) electrons. The van der Waals surface area contributed by atoms with Gasteiger partial charge < -0.3 is 44.1 Å². The molecule has 5 aromatic rings. The molecule has 6 rings (SSSR count). The number of nitrogens with zero attached hydrogens (tertiary/aromatic N) is 6. The molecule has 3 aromatic heterocycles. The normalized spacial score (nSPS) is 14.1. The number of methoxy groups -OCH3 is 3. The summed E-state index contributed by atoms with van der Waals surface area (Å²) in [6, 6.07) is 13.3. The lowest BCUT2D eigenvalue weighted by molar-refractivity contribution is 0.0237. The molecule has 14 heteroatoms. The van der Waals surface area contributed by atoms with Crippen molar-refractivity contribution in [2.24, 2.45) is 0 Å². The van der Waals surface area contributed by atoms with Gasteiger partial charge in [-0.2, -0.15) is 4.98 Å². The summed E-state index contributed by atoms with van der Waals surface area (Å²) in [5.74, 6) is 4.64. The highest BCUT2D eigenvalue weighted by Crippen LogP contribution is 2.43. The molecule has 0 unspecified atom stereocenters. The third kappa shape index (κ3) is 8.69. The van der Waals surface area contributed by atoms with Gasteiger partial charge in [0.25, 0.3) is 0 Å². The van der Waals surface area contributed by atoms with Crippen LogP contribution in [0.4, 0.5) is 28.1 Å². The molecule has 1 aliphatic rings. The summed E-state index contributed by atoms with van der Waals surface area (Å²) in [5, 5.41) is 8.33. The van der Waals surface area contributed by atoms with Crippen LogP contribution in [0.5, 0.6) is 28.9 Å². The number of aromatic nitrogens is 4. The van der Waals surface area contributed by atoms with Crippen molar-refractivity contribution >= 4 is 40.1 Å². The van der Waals surface area contributed by atoms with E-state index in [-0.39, 0.29) is 12.1 Å². The van der Waals surface area contributed by atoms with Gasteiger partial charge in [0.05, 0.1) is 44.6 Å². The van der Waals surface area contributed by atoms with Gasteiger partial charge >= 0.3 is 6.09 Å². The van der Waals surface area contributed by atoms with Gasteiger partial charge in [0.2, 0.25) is 11.8 Å². The number of amides is 1. The van der Waals surface area contributed by atoms with E-state index in [1.807, 2.05) is 84.0 Å². The van der Waals surface area contributed by atoms with Crippen LogP contribution >= 0.6 is 0 Å². The number of benzene rings is 2. The van der Waals surface area contributed by atoms with Crippen molar-refractivity contribution in [3.05, 3.63) is 77.2 Å². The van der Waals surface area contributed by atoms with E-state index in [1.165, 1.54) is 0 Å². The molecule has 1 aliphatic heterocycles. The number of ether oxygens (including phenoxy) is 5. The summed E-state index contributed by atoms with van der Waals surface area (Å²) in [7, 11) is 6.67. The van der Waals surface area contributed by atoms with Crippen LogP contribution in [-0.4, -0.2) is 84.0 Å². The molecule has 0 bridgehead atoms. The molecular formula is C41H50N8O6. The largest absolute Gasteiger partial charge is 0.497 e. The fourth-order valence-electron chi connectivity index (χ4n) is 6.52. The van der Waals surface area contributed by atoms with Gasteiger partial charge in [-0.25, -0.2) is 19.7 Å². The van der Waals surface area contributed by atoms with E-state index in [4.69, 9.17) is 33.7 Å². The second-order valence-corrected chi connectivity index (χ2v) is 14.5. The maximum absolute atomic E-state index is 13.0. The van der Waals surface area contributed by atoms with Gasteiger partial charge in [0, 0.05) is 61.2 Å². The summed E-state index contributed by atoms with van der Waals surface area (Å²) in [6.45, 7) is 13.0. The molecule has 55 heavy (non-hydrogen) atoms. The number of rotatable bonds is 12. The van der Waals surface area contributed by atoms with Gasteiger partial charge in [0.1, 0.15) is 40.2 Å². The lowest BCUT2D eigenvalue weighted by atomic mass is 10.1. The molecule has 0 aliphatic carbocycles. The number of anilines is 4. The second-order valence-electron chi connectivity index (χ2n) is 14.5. The average Bonchev–Trinajstić information content (AvgIpc) is 3.65. The van der Waals surface area contributed by atoms with Crippen LogP contribution in [0.3, 0.4) is 0 Å². The highest BCUT2D eigenvalue weighted by Gasteiger charge is 2.33. The SMILES string of the molecule is COc1ccc(CNc2ncc(Nc3nccc(C)n3)c3cc(N4CC[C@@H](N(C)C(=O)OC(C)(C)C)C4)nc(Oc4c(C)ccc(OC)c4C)c23)c(OC)c1. The van der Waals surface area contributed by atoms with Crippen LogP contribution in [0.15, 0.2) is 54.9 Å². The molecule has 0 saturated carbocycles. The molecular weight excluding hydrogens is 701 g/mol. The summed E-state index contributed by atoms with van der Waals surface area (Å²) < 4.78 is 29.4. The van der Waals surface area contributed by atoms with E-state index in [2.05, 4.69) is 25.5 Å². The first-order valence-electron chi connectivity index (χ1n) is 18.2. The zero-order chi connectivity index (χ0) is 39.4.